The number of carbonyl (C=O) groups excluding carboxylic acids is 1. The van der Waals surface area contributed by atoms with Crippen molar-refractivity contribution < 1.29 is 13.2 Å². The van der Waals surface area contributed by atoms with Crippen LogP contribution in [0.15, 0.2) is 53.4 Å². The van der Waals surface area contributed by atoms with Crippen molar-refractivity contribution in [3.8, 4) is 0 Å². The Hall–Kier alpha value is -2.18. The Labute approximate surface area is 162 Å². The fourth-order valence-electron chi connectivity index (χ4n) is 2.76. The summed E-state index contributed by atoms with van der Waals surface area (Å²) in [4.78, 5) is 12.6. The highest BCUT2D eigenvalue weighted by molar-refractivity contribution is 7.89. The number of benzene rings is 2. The van der Waals surface area contributed by atoms with Crippen LogP contribution in [0.1, 0.15) is 36.5 Å². The van der Waals surface area contributed by atoms with E-state index in [1.807, 2.05) is 50.2 Å². The number of amides is 1. The Balaban J connectivity index is 2.32. The van der Waals surface area contributed by atoms with Gasteiger partial charge in [-0.3, -0.25) is 4.79 Å². The maximum atomic E-state index is 13.3. The average molecular weight is 389 g/mol. The second-order valence-corrected chi connectivity index (χ2v) is 8.64. The van der Waals surface area contributed by atoms with Crippen LogP contribution in [0.25, 0.3) is 0 Å². The Morgan fingerprint density at radius 3 is 2.44 bits per heavy atom. The molecule has 2 aromatic carbocycles. The van der Waals surface area contributed by atoms with Gasteiger partial charge in [0.2, 0.25) is 15.9 Å². The molecule has 2 rings (SSSR count). The normalized spacial score (nSPS) is 11.6. The molecule has 0 aliphatic rings. The number of hydrogen-bond donors (Lipinski definition) is 1. The van der Waals surface area contributed by atoms with E-state index in [1.54, 1.807) is 19.1 Å². The van der Waals surface area contributed by atoms with E-state index in [0.29, 0.717) is 12.1 Å². The molecule has 0 aliphatic heterocycles. The average Bonchev–Trinajstić information content (AvgIpc) is 2.64. The summed E-state index contributed by atoms with van der Waals surface area (Å²) >= 11 is 0. The molecule has 0 aliphatic carbocycles. The van der Waals surface area contributed by atoms with Gasteiger partial charge in [-0.15, -0.1) is 0 Å². The highest BCUT2D eigenvalue weighted by Crippen LogP contribution is 2.23. The zero-order valence-electron chi connectivity index (χ0n) is 16.2. The van der Waals surface area contributed by atoms with Crippen molar-refractivity contribution in [3.63, 3.8) is 0 Å². The van der Waals surface area contributed by atoms with Gasteiger partial charge in [-0.05, 0) is 43.0 Å². The van der Waals surface area contributed by atoms with Crippen LogP contribution < -0.4 is 5.32 Å². The molecule has 0 spiro atoms. The standard InChI is InChI=1S/C21H28N2O3S/c1-4-5-13-22-21(24)16-23(15-19-9-7-6-8-10-19)27(25,26)20-14-17(2)11-12-18(20)3/h6-12,14H,4-5,13,15-16H2,1-3H3,(H,22,24). The van der Waals surface area contributed by atoms with E-state index in [1.165, 1.54) is 4.31 Å². The van der Waals surface area contributed by atoms with Crippen LogP contribution in [0.2, 0.25) is 0 Å². The van der Waals surface area contributed by atoms with Crippen LogP contribution >= 0.6 is 0 Å². The van der Waals surface area contributed by atoms with Gasteiger partial charge in [-0.2, -0.15) is 4.31 Å². The van der Waals surface area contributed by atoms with Crippen LogP contribution in [-0.2, 0) is 21.4 Å². The molecule has 2 aromatic rings. The summed E-state index contributed by atoms with van der Waals surface area (Å²) in [5, 5.41) is 2.80. The molecule has 1 amide bonds. The van der Waals surface area contributed by atoms with Gasteiger partial charge >= 0.3 is 0 Å². The third-order valence-electron chi connectivity index (χ3n) is 4.34. The Morgan fingerprint density at radius 2 is 1.78 bits per heavy atom. The lowest BCUT2D eigenvalue weighted by Gasteiger charge is -2.23. The van der Waals surface area contributed by atoms with Crippen molar-refractivity contribution in [1.29, 1.82) is 0 Å². The minimum Gasteiger partial charge on any atom is -0.355 e. The van der Waals surface area contributed by atoms with Crippen molar-refractivity contribution in [2.75, 3.05) is 13.1 Å². The molecule has 0 fully saturated rings. The summed E-state index contributed by atoms with van der Waals surface area (Å²) in [6.45, 7) is 6.18. The molecule has 146 valence electrons. The van der Waals surface area contributed by atoms with Gasteiger partial charge in [-0.1, -0.05) is 55.8 Å². The minimum absolute atomic E-state index is 0.151. The fourth-order valence-corrected chi connectivity index (χ4v) is 4.45. The molecule has 0 heterocycles. The van der Waals surface area contributed by atoms with E-state index in [4.69, 9.17) is 0 Å². The lowest BCUT2D eigenvalue weighted by molar-refractivity contribution is -0.121. The molecule has 5 nitrogen and oxygen atoms in total. The number of nitrogens with zero attached hydrogens (tertiary/aromatic N) is 1. The quantitative estimate of drug-likeness (QED) is 0.670. The van der Waals surface area contributed by atoms with Crippen LogP contribution in [0, 0.1) is 13.8 Å². The van der Waals surface area contributed by atoms with Crippen LogP contribution in [0.3, 0.4) is 0 Å². The first kappa shape index (κ1) is 21.1. The molecule has 27 heavy (non-hydrogen) atoms. The maximum absolute atomic E-state index is 13.3. The number of unbranched alkanes of at least 4 members (excludes halogenated alkanes) is 1. The summed E-state index contributed by atoms with van der Waals surface area (Å²) in [7, 11) is -3.81. The number of sulfonamides is 1. The van der Waals surface area contributed by atoms with Gasteiger partial charge in [0, 0.05) is 13.1 Å². The van der Waals surface area contributed by atoms with Crippen molar-refractivity contribution in [2.45, 2.75) is 45.1 Å². The van der Waals surface area contributed by atoms with Crippen molar-refractivity contribution in [2.24, 2.45) is 0 Å². The van der Waals surface area contributed by atoms with Gasteiger partial charge in [0.05, 0.1) is 11.4 Å². The summed E-state index contributed by atoms with van der Waals surface area (Å²) in [5.74, 6) is -0.284. The van der Waals surface area contributed by atoms with Gasteiger partial charge < -0.3 is 5.32 Å². The second-order valence-electron chi connectivity index (χ2n) is 6.73. The van der Waals surface area contributed by atoms with Crippen molar-refractivity contribution >= 4 is 15.9 Å². The smallest absolute Gasteiger partial charge is 0.244 e. The Kier molecular flexibility index (Phi) is 7.56. The lowest BCUT2D eigenvalue weighted by Crippen LogP contribution is -2.40. The van der Waals surface area contributed by atoms with E-state index in [-0.39, 0.29) is 23.9 Å². The molecule has 0 saturated heterocycles. The molecule has 0 aromatic heterocycles. The predicted molar refractivity (Wildman–Crippen MR) is 108 cm³/mol. The number of nitrogens with one attached hydrogen (secondary N) is 1. The first-order valence-electron chi connectivity index (χ1n) is 9.22. The number of aryl methyl sites for hydroxylation is 2. The zero-order valence-corrected chi connectivity index (χ0v) is 17.1. The highest BCUT2D eigenvalue weighted by atomic mass is 32.2. The summed E-state index contributed by atoms with van der Waals surface area (Å²) in [6.07, 6.45) is 1.84. The number of carbonyl (C=O) groups is 1. The zero-order chi connectivity index (χ0) is 19.9. The summed E-state index contributed by atoms with van der Waals surface area (Å²) in [6, 6.07) is 14.7. The summed E-state index contributed by atoms with van der Waals surface area (Å²) < 4.78 is 27.9. The molecule has 0 radical (unpaired) electrons. The van der Waals surface area contributed by atoms with Crippen LogP contribution in [0.4, 0.5) is 0 Å². The maximum Gasteiger partial charge on any atom is 0.244 e. The van der Waals surface area contributed by atoms with Gasteiger partial charge in [0.25, 0.3) is 0 Å². The first-order chi connectivity index (χ1) is 12.8. The molecule has 0 bridgehead atoms. The van der Waals surface area contributed by atoms with E-state index in [0.717, 1.165) is 24.0 Å². The summed E-state index contributed by atoms with van der Waals surface area (Å²) in [5.41, 5.74) is 2.38. The predicted octanol–water partition coefficient (Wildman–Crippen LogP) is 3.41. The fraction of sp³-hybridized carbons (Fsp3) is 0.381. The van der Waals surface area contributed by atoms with E-state index < -0.39 is 10.0 Å². The van der Waals surface area contributed by atoms with Crippen molar-refractivity contribution in [3.05, 3.63) is 65.2 Å². The molecular weight excluding hydrogens is 360 g/mol. The molecular formula is C21H28N2O3S. The van der Waals surface area contributed by atoms with E-state index in [9.17, 15) is 13.2 Å². The molecule has 1 N–H and O–H groups in total. The Bertz CT molecular complexity index is 864. The SMILES string of the molecule is CCCCNC(=O)CN(Cc1ccccc1)S(=O)(=O)c1cc(C)ccc1C. The molecule has 6 heteroatoms. The number of rotatable bonds is 9. The third kappa shape index (κ3) is 5.91. The second kappa shape index (κ2) is 9.67. The van der Waals surface area contributed by atoms with Gasteiger partial charge in [0.15, 0.2) is 0 Å². The monoisotopic (exact) mass is 388 g/mol. The Morgan fingerprint density at radius 1 is 1.07 bits per heavy atom. The molecule has 0 atom stereocenters. The lowest BCUT2D eigenvalue weighted by atomic mass is 10.2. The van der Waals surface area contributed by atoms with Gasteiger partial charge in [0.1, 0.15) is 0 Å². The third-order valence-corrected chi connectivity index (χ3v) is 6.27. The minimum atomic E-state index is -3.81. The van der Waals surface area contributed by atoms with Crippen molar-refractivity contribution in [1.82, 2.24) is 9.62 Å². The van der Waals surface area contributed by atoms with Crippen LogP contribution in [0.5, 0.6) is 0 Å². The number of hydrogen-bond acceptors (Lipinski definition) is 3. The van der Waals surface area contributed by atoms with Gasteiger partial charge in [-0.25, -0.2) is 8.42 Å². The highest BCUT2D eigenvalue weighted by Gasteiger charge is 2.28. The molecule has 0 saturated carbocycles. The van der Waals surface area contributed by atoms with Crippen LogP contribution in [-0.4, -0.2) is 31.7 Å². The molecule has 0 unspecified atom stereocenters. The van der Waals surface area contributed by atoms with E-state index >= 15 is 0 Å². The first-order valence-corrected chi connectivity index (χ1v) is 10.7. The van der Waals surface area contributed by atoms with E-state index in [2.05, 4.69) is 5.32 Å². The topological polar surface area (TPSA) is 66.5 Å². The largest absolute Gasteiger partial charge is 0.355 e.